The van der Waals surface area contributed by atoms with Gasteiger partial charge in [0.15, 0.2) is 0 Å². The van der Waals surface area contributed by atoms with Crippen molar-refractivity contribution in [1.82, 2.24) is 4.98 Å². The van der Waals surface area contributed by atoms with Crippen LogP contribution in [0.4, 0.5) is 5.69 Å². The average molecular weight is 258 g/mol. The second-order valence-electron chi connectivity index (χ2n) is 4.35. The Labute approximate surface area is 112 Å². The number of amides is 1. The van der Waals surface area contributed by atoms with E-state index in [9.17, 15) is 4.79 Å². The van der Waals surface area contributed by atoms with E-state index >= 15 is 0 Å². The van der Waals surface area contributed by atoms with Crippen LogP contribution in [0.15, 0.2) is 36.5 Å². The highest BCUT2D eigenvalue weighted by molar-refractivity contribution is 5.93. The lowest BCUT2D eigenvalue weighted by Gasteiger charge is -2.10. The van der Waals surface area contributed by atoms with Crippen LogP contribution in [0.3, 0.4) is 0 Å². The van der Waals surface area contributed by atoms with E-state index < -0.39 is 0 Å². The van der Waals surface area contributed by atoms with E-state index in [0.717, 1.165) is 11.3 Å². The van der Waals surface area contributed by atoms with Gasteiger partial charge in [-0.05, 0) is 37.6 Å². The molecule has 0 atom stereocenters. The van der Waals surface area contributed by atoms with Crippen LogP contribution in [0, 0.1) is 6.92 Å². The molecule has 0 aliphatic rings. The molecule has 0 bridgehead atoms. The molecule has 1 heterocycles. The Morgan fingerprint density at radius 3 is 2.84 bits per heavy atom. The highest BCUT2D eigenvalue weighted by Gasteiger charge is 2.08. The first-order valence-corrected chi connectivity index (χ1v) is 6.34. The van der Waals surface area contributed by atoms with Gasteiger partial charge in [-0.1, -0.05) is 12.1 Å². The maximum Gasteiger partial charge on any atom is 0.228 e. The number of carbonyl (C=O) groups excluding carboxylic acids is 1. The maximum absolute atomic E-state index is 12.0. The van der Waals surface area contributed by atoms with Gasteiger partial charge in [0.25, 0.3) is 0 Å². The van der Waals surface area contributed by atoms with Crippen molar-refractivity contribution >= 4 is 11.6 Å². The summed E-state index contributed by atoms with van der Waals surface area (Å²) in [6.45, 7) is 4.46. The Hall–Kier alpha value is -2.23. The van der Waals surface area contributed by atoms with E-state index in [4.69, 9.17) is 4.74 Å². The number of anilines is 1. The SMILES string of the molecule is CCOc1ccccc1NC(=O)Cc1c[nH]c(C)c1. The number of carbonyl (C=O) groups is 1. The zero-order chi connectivity index (χ0) is 13.7. The van der Waals surface area contributed by atoms with Crippen LogP contribution >= 0.6 is 0 Å². The van der Waals surface area contributed by atoms with Crippen LogP contribution in [0.5, 0.6) is 5.75 Å². The summed E-state index contributed by atoms with van der Waals surface area (Å²) in [6, 6.07) is 9.41. The number of H-pyrrole nitrogens is 1. The highest BCUT2D eigenvalue weighted by atomic mass is 16.5. The second-order valence-corrected chi connectivity index (χ2v) is 4.35. The molecule has 2 aromatic rings. The molecule has 4 nitrogen and oxygen atoms in total. The molecule has 1 aromatic carbocycles. The second kappa shape index (κ2) is 6.09. The third-order valence-corrected chi connectivity index (χ3v) is 2.71. The summed E-state index contributed by atoms with van der Waals surface area (Å²) in [5.41, 5.74) is 2.74. The highest BCUT2D eigenvalue weighted by Crippen LogP contribution is 2.23. The van der Waals surface area contributed by atoms with Crippen molar-refractivity contribution < 1.29 is 9.53 Å². The fourth-order valence-corrected chi connectivity index (χ4v) is 1.90. The van der Waals surface area contributed by atoms with Crippen LogP contribution < -0.4 is 10.1 Å². The minimum Gasteiger partial charge on any atom is -0.492 e. The summed E-state index contributed by atoms with van der Waals surface area (Å²) < 4.78 is 5.47. The fourth-order valence-electron chi connectivity index (χ4n) is 1.90. The Morgan fingerprint density at radius 2 is 2.16 bits per heavy atom. The third-order valence-electron chi connectivity index (χ3n) is 2.71. The summed E-state index contributed by atoms with van der Waals surface area (Å²) in [7, 11) is 0. The number of aromatic nitrogens is 1. The van der Waals surface area contributed by atoms with E-state index in [1.54, 1.807) is 0 Å². The maximum atomic E-state index is 12.0. The first-order valence-electron chi connectivity index (χ1n) is 6.34. The molecular weight excluding hydrogens is 240 g/mol. The van der Waals surface area contributed by atoms with Crippen LogP contribution in [0.1, 0.15) is 18.2 Å². The molecule has 4 heteroatoms. The summed E-state index contributed by atoms with van der Waals surface area (Å²) in [6.07, 6.45) is 2.20. The average Bonchev–Trinajstić information content (AvgIpc) is 2.77. The van der Waals surface area contributed by atoms with Crippen molar-refractivity contribution in [3.05, 3.63) is 47.8 Å². The van der Waals surface area contributed by atoms with Crippen molar-refractivity contribution in [2.24, 2.45) is 0 Å². The van der Waals surface area contributed by atoms with Gasteiger partial charge in [-0.2, -0.15) is 0 Å². The van der Waals surface area contributed by atoms with Crippen molar-refractivity contribution in [3.63, 3.8) is 0 Å². The van der Waals surface area contributed by atoms with Crippen molar-refractivity contribution in [2.75, 3.05) is 11.9 Å². The van der Waals surface area contributed by atoms with Gasteiger partial charge >= 0.3 is 0 Å². The van der Waals surface area contributed by atoms with E-state index in [2.05, 4.69) is 10.3 Å². The molecule has 0 fully saturated rings. The molecule has 2 rings (SSSR count). The molecule has 100 valence electrons. The van der Waals surface area contributed by atoms with E-state index in [1.165, 1.54) is 0 Å². The number of rotatable bonds is 5. The molecule has 0 saturated heterocycles. The number of aryl methyl sites for hydroxylation is 1. The smallest absolute Gasteiger partial charge is 0.228 e. The van der Waals surface area contributed by atoms with Crippen LogP contribution in [-0.4, -0.2) is 17.5 Å². The Bertz CT molecular complexity index is 561. The van der Waals surface area contributed by atoms with Gasteiger partial charge in [-0.25, -0.2) is 0 Å². The largest absolute Gasteiger partial charge is 0.492 e. The van der Waals surface area contributed by atoms with Gasteiger partial charge in [-0.3, -0.25) is 4.79 Å². The Kier molecular flexibility index (Phi) is 4.23. The number of hydrogen-bond acceptors (Lipinski definition) is 2. The first-order chi connectivity index (χ1) is 9.19. The molecule has 0 aliphatic carbocycles. The standard InChI is InChI=1S/C15H18N2O2/c1-3-19-14-7-5-4-6-13(14)17-15(18)9-12-8-11(2)16-10-12/h4-8,10,16H,3,9H2,1-2H3,(H,17,18). The summed E-state index contributed by atoms with van der Waals surface area (Å²) in [5.74, 6) is 0.648. The molecule has 0 aliphatic heterocycles. The number of para-hydroxylation sites is 2. The number of benzene rings is 1. The summed E-state index contributed by atoms with van der Waals surface area (Å²) >= 11 is 0. The number of hydrogen-bond donors (Lipinski definition) is 2. The van der Waals surface area contributed by atoms with Gasteiger partial charge in [0.2, 0.25) is 5.91 Å². The van der Waals surface area contributed by atoms with Crippen molar-refractivity contribution in [3.8, 4) is 5.75 Å². The molecular formula is C15H18N2O2. The molecule has 19 heavy (non-hydrogen) atoms. The summed E-state index contributed by atoms with van der Waals surface area (Å²) in [5, 5.41) is 2.88. The summed E-state index contributed by atoms with van der Waals surface area (Å²) in [4.78, 5) is 15.0. The monoisotopic (exact) mass is 258 g/mol. The zero-order valence-corrected chi connectivity index (χ0v) is 11.2. The molecule has 1 aromatic heterocycles. The first kappa shape index (κ1) is 13.2. The zero-order valence-electron chi connectivity index (χ0n) is 11.2. The minimum atomic E-state index is -0.0499. The van der Waals surface area contributed by atoms with E-state index in [0.29, 0.717) is 24.5 Å². The molecule has 2 N–H and O–H groups in total. The normalized spacial score (nSPS) is 10.2. The molecule has 0 spiro atoms. The van der Waals surface area contributed by atoms with E-state index in [1.807, 2.05) is 50.4 Å². The number of ether oxygens (including phenoxy) is 1. The lowest BCUT2D eigenvalue weighted by atomic mass is 10.2. The molecule has 0 unspecified atom stereocenters. The van der Waals surface area contributed by atoms with Crippen molar-refractivity contribution in [1.29, 1.82) is 0 Å². The number of nitrogens with one attached hydrogen (secondary N) is 2. The lowest BCUT2D eigenvalue weighted by Crippen LogP contribution is -2.14. The van der Waals surface area contributed by atoms with Gasteiger partial charge in [0.1, 0.15) is 5.75 Å². The van der Waals surface area contributed by atoms with Gasteiger partial charge in [0, 0.05) is 11.9 Å². The fraction of sp³-hybridized carbons (Fsp3) is 0.267. The Balaban J connectivity index is 2.02. The van der Waals surface area contributed by atoms with Crippen LogP contribution in [0.2, 0.25) is 0 Å². The number of aromatic amines is 1. The van der Waals surface area contributed by atoms with Crippen molar-refractivity contribution in [2.45, 2.75) is 20.3 Å². The quantitative estimate of drug-likeness (QED) is 0.866. The van der Waals surface area contributed by atoms with E-state index in [-0.39, 0.29) is 5.91 Å². The predicted molar refractivity (Wildman–Crippen MR) is 75.5 cm³/mol. The van der Waals surface area contributed by atoms with Crippen LogP contribution in [-0.2, 0) is 11.2 Å². The predicted octanol–water partition coefficient (Wildman–Crippen LogP) is 2.90. The minimum absolute atomic E-state index is 0.0499. The van der Waals surface area contributed by atoms with Gasteiger partial charge in [-0.15, -0.1) is 0 Å². The molecule has 1 amide bonds. The van der Waals surface area contributed by atoms with Gasteiger partial charge < -0.3 is 15.0 Å². The van der Waals surface area contributed by atoms with Crippen LogP contribution in [0.25, 0.3) is 0 Å². The molecule has 0 saturated carbocycles. The third kappa shape index (κ3) is 3.61. The molecule has 0 radical (unpaired) electrons. The lowest BCUT2D eigenvalue weighted by molar-refractivity contribution is -0.115. The van der Waals surface area contributed by atoms with Gasteiger partial charge in [0.05, 0.1) is 18.7 Å². The topological polar surface area (TPSA) is 54.1 Å². The Morgan fingerprint density at radius 1 is 1.37 bits per heavy atom.